The molecule has 3 aromatic carbocycles. The Balaban J connectivity index is 2.12. The predicted octanol–water partition coefficient (Wildman–Crippen LogP) is 10.5. The van der Waals surface area contributed by atoms with Gasteiger partial charge in [0.1, 0.15) is 0 Å². The molecule has 0 saturated carbocycles. The lowest BCUT2D eigenvalue weighted by Gasteiger charge is -2.21. The molecule has 2 nitrogen and oxygen atoms in total. The number of allylic oxidation sites excluding steroid dienone is 3. The molecule has 0 fully saturated rings. The smallest absolute Gasteiger partial charge is 0.190 e. The van der Waals surface area contributed by atoms with Gasteiger partial charge in [-0.15, -0.1) is 0 Å². The maximum atomic E-state index is 6.08. The van der Waals surface area contributed by atoms with Gasteiger partial charge in [-0.3, -0.25) is 0 Å². The van der Waals surface area contributed by atoms with Gasteiger partial charge in [-0.2, -0.15) is 0 Å². The molecule has 0 aliphatic rings. The van der Waals surface area contributed by atoms with Crippen molar-refractivity contribution < 1.29 is 9.47 Å². The first kappa shape index (κ1) is 30.4. The van der Waals surface area contributed by atoms with E-state index in [1.165, 1.54) is 14.7 Å². The van der Waals surface area contributed by atoms with Crippen LogP contribution in [-0.4, -0.2) is 19.5 Å². The fourth-order valence-electron chi connectivity index (χ4n) is 3.44. The van der Waals surface area contributed by atoms with Crippen LogP contribution in [0, 0.1) is 5.41 Å². The zero-order chi connectivity index (χ0) is 27.2. The summed E-state index contributed by atoms with van der Waals surface area (Å²) in [6, 6.07) is 31.5. The van der Waals surface area contributed by atoms with Crippen molar-refractivity contribution in [2.45, 2.75) is 55.6 Å². The average molecular weight is 563 g/mol. The Morgan fingerprint density at radius 1 is 0.632 bits per heavy atom. The first-order chi connectivity index (χ1) is 18.4. The minimum absolute atomic E-state index is 0.0284. The van der Waals surface area contributed by atoms with Gasteiger partial charge in [-0.05, 0) is 67.8 Å². The molecule has 0 amide bonds. The quantitative estimate of drug-likeness (QED) is 0.117. The van der Waals surface area contributed by atoms with Gasteiger partial charge >= 0.3 is 0 Å². The van der Waals surface area contributed by atoms with Gasteiger partial charge in [0.15, 0.2) is 6.29 Å². The number of hydrogen-bond acceptors (Lipinski definition) is 5. The lowest BCUT2D eigenvalue weighted by molar-refractivity contribution is -0.106. The fourth-order valence-corrected chi connectivity index (χ4v) is 6.68. The van der Waals surface area contributed by atoms with Gasteiger partial charge in [0.05, 0.1) is 0 Å². The van der Waals surface area contributed by atoms with Crippen LogP contribution in [0.5, 0.6) is 0 Å². The molecule has 38 heavy (non-hydrogen) atoms. The summed E-state index contributed by atoms with van der Waals surface area (Å²) in [4.78, 5) is 6.89. The zero-order valence-electron chi connectivity index (χ0n) is 22.9. The molecule has 0 spiro atoms. The van der Waals surface area contributed by atoms with Crippen LogP contribution in [0.1, 0.15) is 34.6 Å². The van der Waals surface area contributed by atoms with E-state index >= 15 is 0 Å². The average Bonchev–Trinajstić information content (AvgIpc) is 2.89. The van der Waals surface area contributed by atoms with Crippen LogP contribution in [0.2, 0.25) is 0 Å². The molecule has 3 aromatic rings. The molecule has 0 saturated heterocycles. The second-order valence-electron chi connectivity index (χ2n) is 9.49. The molecular formula is C33H38O2S3. The van der Waals surface area contributed by atoms with Crippen molar-refractivity contribution in [2.75, 3.05) is 13.2 Å². The first-order valence-electron chi connectivity index (χ1n) is 12.9. The summed E-state index contributed by atoms with van der Waals surface area (Å²) in [6.45, 7) is 11.9. The molecule has 0 unspecified atom stereocenters. The van der Waals surface area contributed by atoms with Gasteiger partial charge in [0, 0.05) is 42.6 Å². The van der Waals surface area contributed by atoms with Crippen molar-refractivity contribution >= 4 is 35.3 Å². The topological polar surface area (TPSA) is 18.5 Å². The fraction of sp³-hybridized carbons (Fsp3) is 0.273. The largest absolute Gasteiger partial charge is 0.348 e. The zero-order valence-corrected chi connectivity index (χ0v) is 25.4. The number of hydrogen-bond donors (Lipinski definition) is 0. The lowest BCUT2D eigenvalue weighted by atomic mass is 9.96. The number of rotatable bonds is 13. The summed E-state index contributed by atoms with van der Waals surface area (Å²) in [7, 11) is 0. The van der Waals surface area contributed by atoms with Crippen molar-refractivity contribution in [1.29, 1.82) is 0 Å². The molecule has 5 heteroatoms. The van der Waals surface area contributed by atoms with Crippen LogP contribution in [0.4, 0.5) is 0 Å². The number of benzene rings is 3. The highest BCUT2D eigenvalue weighted by molar-refractivity contribution is 8.04. The van der Waals surface area contributed by atoms with Crippen molar-refractivity contribution in [3.05, 3.63) is 124 Å². The third-order valence-electron chi connectivity index (χ3n) is 4.95. The highest BCUT2D eigenvalue weighted by Gasteiger charge is 2.18. The minimum atomic E-state index is -0.438. The second-order valence-corrected chi connectivity index (χ2v) is 12.9. The second kappa shape index (κ2) is 16.1. The molecule has 0 aromatic heterocycles. The van der Waals surface area contributed by atoms with Crippen molar-refractivity contribution in [1.82, 2.24) is 0 Å². The molecule has 0 atom stereocenters. The monoisotopic (exact) mass is 562 g/mol. The molecule has 0 aliphatic carbocycles. The molecule has 0 bridgehead atoms. The SMILES string of the molecule is CCOC(OCC)/C(=C/C(=C/C(=C/C(C)(C)C)Sc1ccccc1)Sc1ccccc1)Sc1ccccc1. The lowest BCUT2D eigenvalue weighted by Crippen LogP contribution is -2.18. The molecule has 0 radical (unpaired) electrons. The van der Waals surface area contributed by atoms with E-state index < -0.39 is 6.29 Å². The van der Waals surface area contributed by atoms with E-state index in [0.717, 1.165) is 14.7 Å². The summed E-state index contributed by atoms with van der Waals surface area (Å²) in [5.74, 6) is 0. The highest BCUT2D eigenvalue weighted by atomic mass is 32.2. The van der Waals surface area contributed by atoms with Crippen molar-refractivity contribution in [3.63, 3.8) is 0 Å². The van der Waals surface area contributed by atoms with E-state index in [1.54, 1.807) is 35.3 Å². The van der Waals surface area contributed by atoms with Gasteiger partial charge < -0.3 is 9.47 Å². The standard InChI is InChI=1S/C33H38O2S3/c1-6-34-32(35-7-2)31(38-28-21-15-10-16-22-28)24-29(36-26-17-11-8-12-18-26)23-30(25-33(3,4)5)37-27-19-13-9-14-20-27/h8-25,32H,6-7H2,1-5H3/b29-23-,30-25-,31-24-. The van der Waals surface area contributed by atoms with Crippen LogP contribution in [-0.2, 0) is 9.47 Å². The Labute approximate surface area is 242 Å². The Morgan fingerprint density at radius 2 is 1.05 bits per heavy atom. The Kier molecular flexibility index (Phi) is 12.9. The molecule has 0 aliphatic heterocycles. The van der Waals surface area contributed by atoms with Crippen LogP contribution < -0.4 is 0 Å². The van der Waals surface area contributed by atoms with E-state index in [9.17, 15) is 0 Å². The van der Waals surface area contributed by atoms with E-state index in [2.05, 4.69) is 124 Å². The Bertz CT molecular complexity index is 1180. The molecule has 0 N–H and O–H groups in total. The van der Waals surface area contributed by atoms with Gasteiger partial charge in [0.2, 0.25) is 0 Å². The van der Waals surface area contributed by atoms with Crippen LogP contribution in [0.15, 0.2) is 139 Å². The summed E-state index contributed by atoms with van der Waals surface area (Å²) in [5.41, 5.74) is 0.0284. The molecule has 3 rings (SSSR count). The predicted molar refractivity (Wildman–Crippen MR) is 168 cm³/mol. The normalized spacial score (nSPS) is 13.3. The summed E-state index contributed by atoms with van der Waals surface area (Å²) in [5, 5.41) is 0. The molecule has 200 valence electrons. The van der Waals surface area contributed by atoms with Crippen molar-refractivity contribution in [2.24, 2.45) is 5.41 Å². The van der Waals surface area contributed by atoms with Crippen LogP contribution >= 0.6 is 35.3 Å². The van der Waals surface area contributed by atoms with E-state index in [0.29, 0.717) is 13.2 Å². The van der Waals surface area contributed by atoms with Crippen LogP contribution in [0.3, 0.4) is 0 Å². The van der Waals surface area contributed by atoms with E-state index in [1.807, 2.05) is 19.9 Å². The first-order valence-corrected chi connectivity index (χ1v) is 15.4. The van der Waals surface area contributed by atoms with Gasteiger partial charge in [-0.25, -0.2) is 0 Å². The minimum Gasteiger partial charge on any atom is -0.348 e. The maximum absolute atomic E-state index is 6.08. The van der Waals surface area contributed by atoms with Crippen LogP contribution in [0.25, 0.3) is 0 Å². The highest BCUT2D eigenvalue weighted by Crippen LogP contribution is 2.39. The van der Waals surface area contributed by atoms with Gasteiger partial charge in [-0.1, -0.05) is 117 Å². The third kappa shape index (κ3) is 11.3. The van der Waals surface area contributed by atoms with E-state index in [4.69, 9.17) is 9.47 Å². The Hall–Kier alpha value is -2.15. The molecule has 0 heterocycles. The number of ether oxygens (including phenoxy) is 2. The van der Waals surface area contributed by atoms with E-state index in [-0.39, 0.29) is 5.41 Å². The number of thioether (sulfide) groups is 3. The molecular weight excluding hydrogens is 525 g/mol. The summed E-state index contributed by atoms with van der Waals surface area (Å²) < 4.78 is 12.2. The maximum Gasteiger partial charge on any atom is 0.190 e. The summed E-state index contributed by atoms with van der Waals surface area (Å²) in [6.07, 6.45) is 6.43. The third-order valence-corrected chi connectivity index (χ3v) is 7.96. The van der Waals surface area contributed by atoms with Gasteiger partial charge in [0.25, 0.3) is 0 Å². The summed E-state index contributed by atoms with van der Waals surface area (Å²) >= 11 is 5.23. The van der Waals surface area contributed by atoms with Crippen molar-refractivity contribution in [3.8, 4) is 0 Å². The Morgan fingerprint density at radius 3 is 1.47 bits per heavy atom.